The third-order valence-corrected chi connectivity index (χ3v) is 10.1. The molecule has 10 heteroatoms. The van der Waals surface area contributed by atoms with E-state index >= 15 is 0 Å². The van der Waals surface area contributed by atoms with Crippen LogP contribution < -0.4 is 0 Å². The molecule has 0 rings (SSSR count). The van der Waals surface area contributed by atoms with Crippen LogP contribution in [0.25, 0.3) is 0 Å². The van der Waals surface area contributed by atoms with E-state index in [9.17, 15) is 19.4 Å². The maximum atomic E-state index is 12.6. The van der Waals surface area contributed by atoms with Gasteiger partial charge in [-0.15, -0.1) is 0 Å². The summed E-state index contributed by atoms with van der Waals surface area (Å²) in [5.41, 5.74) is 0. The van der Waals surface area contributed by atoms with Crippen LogP contribution >= 0.6 is 7.82 Å². The molecule has 0 aliphatic rings. The van der Waals surface area contributed by atoms with Crippen molar-refractivity contribution in [2.45, 2.75) is 187 Å². The third-order valence-electron chi connectivity index (χ3n) is 9.13. The molecule has 0 amide bonds. The maximum Gasteiger partial charge on any atom is 0.472 e. The summed E-state index contributed by atoms with van der Waals surface area (Å²) >= 11 is 0. The lowest BCUT2D eigenvalue weighted by atomic mass is 10.1. The second-order valence-corrected chi connectivity index (χ2v) is 16.1. The second kappa shape index (κ2) is 43.5. The van der Waals surface area contributed by atoms with Crippen molar-refractivity contribution in [3.8, 4) is 0 Å². The van der Waals surface area contributed by atoms with E-state index in [1.165, 1.54) is 51.4 Å². The molecule has 0 aromatic heterocycles. The Morgan fingerprint density at radius 3 is 1.51 bits per heavy atom. The van der Waals surface area contributed by atoms with Gasteiger partial charge in [0.2, 0.25) is 0 Å². The SMILES string of the molecule is CC/C=C\C/C=C\C/C=C\C/C=C\CCCCCCCCC(=O)OC(COCCCCCCCC/C=C\C/C=C\CCCCCC)COP(=O)(O)OCC(O)CO. The van der Waals surface area contributed by atoms with E-state index < -0.39 is 45.8 Å². The van der Waals surface area contributed by atoms with Crippen molar-refractivity contribution in [1.29, 1.82) is 0 Å². The Hall–Kier alpha value is -2.10. The number of phosphoric ester groups is 1. The van der Waals surface area contributed by atoms with Gasteiger partial charge in [-0.05, 0) is 83.5 Å². The molecule has 9 nitrogen and oxygen atoms in total. The molecule has 0 radical (unpaired) electrons. The first-order chi connectivity index (χ1) is 27.8. The predicted molar refractivity (Wildman–Crippen MR) is 237 cm³/mol. The van der Waals surface area contributed by atoms with E-state index in [0.29, 0.717) is 13.0 Å². The second-order valence-electron chi connectivity index (χ2n) is 14.7. The molecule has 0 spiro atoms. The van der Waals surface area contributed by atoms with Gasteiger partial charge < -0.3 is 24.6 Å². The molecule has 0 saturated heterocycles. The highest BCUT2D eigenvalue weighted by atomic mass is 31.2. The summed E-state index contributed by atoms with van der Waals surface area (Å²) < 4.78 is 33.4. The van der Waals surface area contributed by atoms with Gasteiger partial charge in [-0.2, -0.15) is 0 Å². The topological polar surface area (TPSA) is 132 Å². The van der Waals surface area contributed by atoms with Gasteiger partial charge in [0.1, 0.15) is 12.2 Å². The summed E-state index contributed by atoms with van der Waals surface area (Å²) in [7, 11) is -4.53. The number of rotatable bonds is 42. The van der Waals surface area contributed by atoms with Crippen LogP contribution in [0.15, 0.2) is 72.9 Å². The molecule has 57 heavy (non-hydrogen) atoms. The number of carbonyl (C=O) groups excluding carboxylic acids is 1. The molecule has 3 unspecified atom stereocenters. The summed E-state index contributed by atoms with van der Waals surface area (Å²) in [5, 5.41) is 18.4. The number of ether oxygens (including phenoxy) is 2. The Kier molecular flexibility index (Phi) is 41.9. The molecule has 0 aromatic rings. The fourth-order valence-electron chi connectivity index (χ4n) is 5.73. The van der Waals surface area contributed by atoms with Gasteiger partial charge in [-0.1, -0.05) is 157 Å². The van der Waals surface area contributed by atoms with Crippen LogP contribution in [-0.4, -0.2) is 66.3 Å². The fraction of sp³-hybridized carbons (Fsp3) is 0.723. The molecule has 0 fully saturated rings. The quantitative estimate of drug-likeness (QED) is 0.0238. The zero-order valence-corrected chi connectivity index (χ0v) is 36.9. The monoisotopic (exact) mass is 823 g/mol. The van der Waals surface area contributed by atoms with Crippen molar-refractivity contribution in [2.75, 3.05) is 33.0 Å². The van der Waals surface area contributed by atoms with E-state index in [-0.39, 0.29) is 13.0 Å². The first kappa shape index (κ1) is 54.9. The smallest absolute Gasteiger partial charge is 0.457 e. The Balaban J connectivity index is 4.22. The van der Waals surface area contributed by atoms with Crippen LogP contribution in [0.2, 0.25) is 0 Å². The van der Waals surface area contributed by atoms with Gasteiger partial charge >= 0.3 is 13.8 Å². The summed E-state index contributed by atoms with van der Waals surface area (Å²) in [6.07, 6.45) is 51.4. The average Bonchev–Trinajstić information content (AvgIpc) is 3.20. The molecule has 0 heterocycles. The van der Waals surface area contributed by atoms with Crippen molar-refractivity contribution in [3.05, 3.63) is 72.9 Å². The molecule has 0 aliphatic heterocycles. The van der Waals surface area contributed by atoms with Crippen molar-refractivity contribution in [3.63, 3.8) is 0 Å². The molecule has 0 aromatic carbocycles. The number of hydrogen-bond donors (Lipinski definition) is 3. The predicted octanol–water partition coefficient (Wildman–Crippen LogP) is 12.5. The fourth-order valence-corrected chi connectivity index (χ4v) is 6.52. The minimum absolute atomic E-state index is 0.0324. The van der Waals surface area contributed by atoms with E-state index in [1.807, 2.05) is 0 Å². The van der Waals surface area contributed by atoms with Gasteiger partial charge in [0.05, 0.1) is 26.4 Å². The lowest BCUT2D eigenvalue weighted by Crippen LogP contribution is -2.29. The molecule has 330 valence electrons. The van der Waals surface area contributed by atoms with Gasteiger partial charge in [0.25, 0.3) is 0 Å². The number of phosphoric acid groups is 1. The van der Waals surface area contributed by atoms with Crippen LogP contribution in [0, 0.1) is 0 Å². The van der Waals surface area contributed by atoms with Gasteiger partial charge in [-0.25, -0.2) is 4.57 Å². The molecular formula is C47H83O9P. The highest BCUT2D eigenvalue weighted by molar-refractivity contribution is 7.47. The summed E-state index contributed by atoms with van der Waals surface area (Å²) in [6, 6.07) is 0. The van der Waals surface area contributed by atoms with Crippen LogP contribution in [0.5, 0.6) is 0 Å². The standard InChI is InChI=1S/C47H83O9P/c1-3-5-7-9-11-13-15-17-19-21-22-23-25-27-29-31-33-35-37-39-47(50)56-46(44-55-57(51,52)54-42-45(49)41-48)43-53-40-38-36-34-32-30-28-26-24-20-18-16-14-12-10-8-6-4-2/h5,7,11,13-14,16-17,19-20,22-24,45-46,48-49H,3-4,6,8-10,12,15,18,21,25-44H2,1-2H3,(H,51,52)/b7-5-,13-11-,16-14-,19-17-,23-22-,24-20-. The highest BCUT2D eigenvalue weighted by Crippen LogP contribution is 2.43. The molecule has 0 bridgehead atoms. The van der Waals surface area contributed by atoms with E-state index in [1.54, 1.807) is 0 Å². The number of allylic oxidation sites excluding steroid dienone is 12. The summed E-state index contributed by atoms with van der Waals surface area (Å²) in [5.74, 6) is -0.403. The lowest BCUT2D eigenvalue weighted by molar-refractivity contribution is -0.154. The lowest BCUT2D eigenvalue weighted by Gasteiger charge is -2.20. The van der Waals surface area contributed by atoms with Crippen LogP contribution in [-0.2, 0) is 27.9 Å². The van der Waals surface area contributed by atoms with Crippen molar-refractivity contribution in [2.24, 2.45) is 0 Å². The Morgan fingerprint density at radius 2 is 1.00 bits per heavy atom. The number of aliphatic hydroxyl groups is 2. The minimum atomic E-state index is -4.53. The maximum absolute atomic E-state index is 12.6. The van der Waals surface area contributed by atoms with Gasteiger partial charge in [-0.3, -0.25) is 13.8 Å². The highest BCUT2D eigenvalue weighted by Gasteiger charge is 2.26. The van der Waals surface area contributed by atoms with Crippen molar-refractivity contribution < 1.29 is 43.0 Å². The zero-order valence-electron chi connectivity index (χ0n) is 36.0. The summed E-state index contributed by atoms with van der Waals surface area (Å²) in [6.45, 7) is 3.33. The summed E-state index contributed by atoms with van der Waals surface area (Å²) in [4.78, 5) is 22.6. The van der Waals surface area contributed by atoms with Crippen LogP contribution in [0.3, 0.4) is 0 Å². The minimum Gasteiger partial charge on any atom is -0.457 e. The molecule has 0 aliphatic carbocycles. The molecule has 0 saturated carbocycles. The molecule has 3 atom stereocenters. The van der Waals surface area contributed by atoms with Gasteiger partial charge in [0, 0.05) is 13.0 Å². The van der Waals surface area contributed by atoms with E-state index in [4.69, 9.17) is 23.6 Å². The average molecular weight is 823 g/mol. The van der Waals surface area contributed by atoms with Crippen LogP contribution in [0.4, 0.5) is 0 Å². The number of hydrogen-bond acceptors (Lipinski definition) is 8. The number of carbonyl (C=O) groups is 1. The number of aliphatic hydroxyl groups excluding tert-OH is 2. The Morgan fingerprint density at radius 1 is 0.561 bits per heavy atom. The number of esters is 1. The van der Waals surface area contributed by atoms with E-state index in [2.05, 4.69) is 86.8 Å². The number of unbranched alkanes of at least 4 members (excludes halogenated alkanes) is 16. The van der Waals surface area contributed by atoms with Gasteiger partial charge in [0.15, 0.2) is 0 Å². The van der Waals surface area contributed by atoms with Crippen molar-refractivity contribution >= 4 is 13.8 Å². The third kappa shape index (κ3) is 43.3. The van der Waals surface area contributed by atoms with Crippen LogP contribution in [0.1, 0.15) is 174 Å². The Labute approximate surface area is 348 Å². The molecule has 3 N–H and O–H groups in total. The largest absolute Gasteiger partial charge is 0.472 e. The normalized spacial score (nSPS) is 14.7. The first-order valence-corrected chi connectivity index (χ1v) is 23.9. The van der Waals surface area contributed by atoms with E-state index in [0.717, 1.165) is 96.3 Å². The van der Waals surface area contributed by atoms with Crippen molar-refractivity contribution in [1.82, 2.24) is 0 Å². The molecular weight excluding hydrogens is 739 g/mol. The first-order valence-electron chi connectivity index (χ1n) is 22.4. The Bertz CT molecular complexity index is 1110. The zero-order chi connectivity index (χ0) is 41.8.